The molecule has 0 bridgehead atoms. The Labute approximate surface area is 221 Å². The first-order valence-electron chi connectivity index (χ1n) is 11.7. The van der Waals surface area contributed by atoms with Gasteiger partial charge in [0.1, 0.15) is 0 Å². The summed E-state index contributed by atoms with van der Waals surface area (Å²) in [6.07, 6.45) is 3.37. The number of sulfonamides is 1. The third kappa shape index (κ3) is 7.92. The standard InChI is InChI=1S/C25H30N6O4S2/c1-4-6-15-26-24(33)30-37(34,35)21-13-11-20(12-14-21)27-22(32)17-36-25-29-28-23(31(25)16-5-2)19-9-7-18(3)8-10-19/h5,7-14H,2,4,6,15-17H2,1,3H3,(H,27,32)(H2,26,30,33). The Morgan fingerprint density at radius 2 is 1.78 bits per heavy atom. The van der Waals surface area contributed by atoms with E-state index in [2.05, 4.69) is 27.4 Å². The zero-order chi connectivity index (χ0) is 26.8. The summed E-state index contributed by atoms with van der Waals surface area (Å²) in [7, 11) is -4.03. The van der Waals surface area contributed by atoms with E-state index in [-0.39, 0.29) is 16.6 Å². The number of urea groups is 1. The van der Waals surface area contributed by atoms with Gasteiger partial charge in [-0.1, -0.05) is 61.0 Å². The summed E-state index contributed by atoms with van der Waals surface area (Å²) in [5, 5.41) is 14.3. The maximum Gasteiger partial charge on any atom is 0.328 e. The maximum absolute atomic E-state index is 12.5. The van der Waals surface area contributed by atoms with E-state index in [0.717, 1.165) is 24.0 Å². The van der Waals surface area contributed by atoms with Crippen LogP contribution in [0.2, 0.25) is 0 Å². The largest absolute Gasteiger partial charge is 0.337 e. The van der Waals surface area contributed by atoms with Crippen LogP contribution in [0.25, 0.3) is 11.4 Å². The van der Waals surface area contributed by atoms with Crippen molar-refractivity contribution < 1.29 is 18.0 Å². The molecule has 3 aromatic rings. The quantitative estimate of drug-likeness (QED) is 0.179. The Kier molecular flexibility index (Phi) is 9.86. The average molecular weight is 543 g/mol. The number of hydrogen-bond donors (Lipinski definition) is 3. The molecule has 0 unspecified atom stereocenters. The zero-order valence-corrected chi connectivity index (χ0v) is 22.4. The Morgan fingerprint density at radius 1 is 1.08 bits per heavy atom. The number of aryl methyl sites for hydroxylation is 1. The highest BCUT2D eigenvalue weighted by Gasteiger charge is 2.18. The number of thioether (sulfide) groups is 1. The SMILES string of the molecule is C=CCn1c(SCC(=O)Nc2ccc(S(=O)(=O)NC(=O)NCCCC)cc2)nnc1-c1ccc(C)cc1. The molecule has 0 aliphatic carbocycles. The molecule has 0 fully saturated rings. The molecule has 37 heavy (non-hydrogen) atoms. The van der Waals surface area contributed by atoms with Crippen LogP contribution in [0.3, 0.4) is 0 Å². The fourth-order valence-corrected chi connectivity index (χ4v) is 4.92. The number of allylic oxidation sites excluding steroid dienone is 1. The summed E-state index contributed by atoms with van der Waals surface area (Å²) in [5.74, 6) is 0.467. The number of hydrogen-bond acceptors (Lipinski definition) is 7. The number of rotatable bonds is 12. The summed E-state index contributed by atoms with van der Waals surface area (Å²) in [4.78, 5) is 24.2. The fraction of sp³-hybridized carbons (Fsp3) is 0.280. The third-order valence-corrected chi connectivity index (χ3v) is 7.48. The second-order valence-corrected chi connectivity index (χ2v) is 10.8. The van der Waals surface area contributed by atoms with E-state index in [0.29, 0.717) is 29.8 Å². The first-order valence-corrected chi connectivity index (χ1v) is 14.1. The number of aromatic nitrogens is 3. The summed E-state index contributed by atoms with van der Waals surface area (Å²) in [6, 6.07) is 12.7. The van der Waals surface area contributed by atoms with Gasteiger partial charge in [-0.05, 0) is 37.6 Å². The predicted octanol–water partition coefficient (Wildman–Crippen LogP) is 3.96. The molecule has 3 N–H and O–H groups in total. The van der Waals surface area contributed by atoms with Crippen LogP contribution in [0.5, 0.6) is 0 Å². The normalized spacial score (nSPS) is 11.1. The van der Waals surface area contributed by atoms with Gasteiger partial charge in [0.05, 0.1) is 10.6 Å². The fourth-order valence-electron chi connectivity index (χ4n) is 3.25. The van der Waals surface area contributed by atoms with Crippen molar-refractivity contribution in [2.45, 2.75) is 43.3 Å². The van der Waals surface area contributed by atoms with Gasteiger partial charge in [-0.25, -0.2) is 17.9 Å². The van der Waals surface area contributed by atoms with E-state index in [1.165, 1.54) is 36.0 Å². The van der Waals surface area contributed by atoms with Crippen LogP contribution < -0.4 is 15.4 Å². The molecule has 12 heteroatoms. The second-order valence-electron chi connectivity index (χ2n) is 8.15. The predicted molar refractivity (Wildman–Crippen MR) is 145 cm³/mol. The molecule has 0 aliphatic heterocycles. The first-order chi connectivity index (χ1) is 17.7. The summed E-state index contributed by atoms with van der Waals surface area (Å²) < 4.78 is 28.6. The lowest BCUT2D eigenvalue weighted by Crippen LogP contribution is -2.39. The van der Waals surface area contributed by atoms with Crippen LogP contribution in [0.1, 0.15) is 25.3 Å². The van der Waals surface area contributed by atoms with E-state index in [1.807, 2.05) is 47.4 Å². The Hall–Kier alpha value is -3.64. The van der Waals surface area contributed by atoms with E-state index in [9.17, 15) is 18.0 Å². The van der Waals surface area contributed by atoms with Crippen LogP contribution >= 0.6 is 11.8 Å². The highest BCUT2D eigenvalue weighted by atomic mass is 32.2. The molecular formula is C25H30N6O4S2. The smallest absolute Gasteiger partial charge is 0.328 e. The van der Waals surface area contributed by atoms with Gasteiger partial charge in [-0.15, -0.1) is 16.8 Å². The second kappa shape index (κ2) is 13.1. The molecule has 0 radical (unpaired) electrons. The number of nitrogens with one attached hydrogen (secondary N) is 3. The first kappa shape index (κ1) is 27.9. The van der Waals surface area contributed by atoms with Crippen molar-refractivity contribution in [3.63, 3.8) is 0 Å². The van der Waals surface area contributed by atoms with Gasteiger partial charge in [0.25, 0.3) is 10.0 Å². The Bertz CT molecular complexity index is 1340. The van der Waals surface area contributed by atoms with Gasteiger partial charge in [0.15, 0.2) is 11.0 Å². The van der Waals surface area contributed by atoms with E-state index >= 15 is 0 Å². The van der Waals surface area contributed by atoms with Gasteiger partial charge < -0.3 is 10.6 Å². The lowest BCUT2D eigenvalue weighted by Gasteiger charge is -2.10. The minimum Gasteiger partial charge on any atom is -0.337 e. The molecule has 1 aromatic heterocycles. The zero-order valence-electron chi connectivity index (χ0n) is 20.7. The van der Waals surface area contributed by atoms with Crippen molar-refractivity contribution in [3.8, 4) is 11.4 Å². The van der Waals surface area contributed by atoms with Crippen molar-refractivity contribution >= 4 is 39.4 Å². The average Bonchev–Trinajstić information content (AvgIpc) is 3.26. The van der Waals surface area contributed by atoms with Gasteiger partial charge >= 0.3 is 6.03 Å². The van der Waals surface area contributed by atoms with Gasteiger partial charge in [-0.2, -0.15) is 0 Å². The molecular weight excluding hydrogens is 512 g/mol. The van der Waals surface area contributed by atoms with Crippen molar-refractivity contribution in [3.05, 3.63) is 66.7 Å². The minimum absolute atomic E-state index is 0.0721. The van der Waals surface area contributed by atoms with Gasteiger partial charge in [0.2, 0.25) is 5.91 Å². The van der Waals surface area contributed by atoms with E-state index in [1.54, 1.807) is 6.08 Å². The highest BCUT2D eigenvalue weighted by molar-refractivity contribution is 7.99. The number of carbonyl (C=O) groups excluding carboxylic acids is 2. The topological polar surface area (TPSA) is 135 Å². The Morgan fingerprint density at radius 3 is 2.43 bits per heavy atom. The molecule has 0 spiro atoms. The number of nitrogens with zero attached hydrogens (tertiary/aromatic N) is 3. The summed E-state index contributed by atoms with van der Waals surface area (Å²) in [5.41, 5.74) is 2.48. The summed E-state index contributed by atoms with van der Waals surface area (Å²) in [6.45, 7) is 8.65. The molecule has 10 nitrogen and oxygen atoms in total. The lowest BCUT2D eigenvalue weighted by atomic mass is 10.1. The van der Waals surface area contributed by atoms with E-state index in [4.69, 9.17) is 0 Å². The number of unbranched alkanes of at least 4 members (excludes halogenated alkanes) is 1. The van der Waals surface area contributed by atoms with Crippen LogP contribution in [-0.4, -0.2) is 47.4 Å². The number of benzene rings is 2. The molecule has 0 aliphatic rings. The van der Waals surface area contributed by atoms with E-state index < -0.39 is 16.1 Å². The number of amides is 3. The molecule has 0 atom stereocenters. The molecule has 2 aromatic carbocycles. The third-order valence-electron chi connectivity index (χ3n) is 5.16. The van der Waals surface area contributed by atoms with Crippen molar-refractivity contribution in [2.75, 3.05) is 17.6 Å². The maximum atomic E-state index is 12.5. The number of anilines is 1. The van der Waals surface area contributed by atoms with Crippen LogP contribution in [0, 0.1) is 6.92 Å². The Balaban J connectivity index is 1.59. The lowest BCUT2D eigenvalue weighted by molar-refractivity contribution is -0.113. The van der Waals surface area contributed by atoms with Gasteiger partial charge in [-0.3, -0.25) is 9.36 Å². The minimum atomic E-state index is -4.03. The monoisotopic (exact) mass is 542 g/mol. The number of carbonyl (C=O) groups is 2. The molecule has 3 rings (SSSR count). The molecule has 3 amide bonds. The van der Waals surface area contributed by atoms with Crippen LogP contribution in [0.4, 0.5) is 10.5 Å². The van der Waals surface area contributed by atoms with Crippen molar-refractivity contribution in [1.29, 1.82) is 0 Å². The molecule has 0 saturated heterocycles. The molecule has 0 saturated carbocycles. The van der Waals surface area contributed by atoms with Crippen molar-refractivity contribution in [1.82, 2.24) is 24.8 Å². The van der Waals surface area contributed by atoms with Crippen LogP contribution in [0.15, 0.2) is 71.2 Å². The van der Waals surface area contributed by atoms with Crippen LogP contribution in [-0.2, 0) is 21.4 Å². The molecule has 1 heterocycles. The van der Waals surface area contributed by atoms with Crippen molar-refractivity contribution in [2.24, 2.45) is 0 Å². The summed E-state index contributed by atoms with van der Waals surface area (Å²) >= 11 is 1.23. The van der Waals surface area contributed by atoms with Gasteiger partial charge in [0, 0.05) is 24.3 Å². The highest BCUT2D eigenvalue weighted by Crippen LogP contribution is 2.25. The molecule has 196 valence electrons.